The summed E-state index contributed by atoms with van der Waals surface area (Å²) in [4.78, 5) is 39.2. The zero-order chi connectivity index (χ0) is 23.2. The number of para-hydroxylation sites is 1. The molecule has 4 aromatic carbocycles. The van der Waals surface area contributed by atoms with E-state index < -0.39 is 5.91 Å². The molecule has 7 nitrogen and oxygen atoms in total. The molecule has 0 aliphatic heterocycles. The largest absolute Gasteiger partial charge is 0.292 e. The number of hydrogen-bond donors (Lipinski definition) is 1. The van der Waals surface area contributed by atoms with Gasteiger partial charge in [0.25, 0.3) is 11.5 Å². The second kappa shape index (κ2) is 7.60. The maximum Gasteiger partial charge on any atom is 0.292 e. The Morgan fingerprint density at radius 2 is 1.44 bits per heavy atom. The summed E-state index contributed by atoms with van der Waals surface area (Å²) in [5, 5.41) is 11.1. The smallest absolute Gasteiger partial charge is 0.287 e. The Morgan fingerprint density at radius 3 is 2.21 bits per heavy atom. The van der Waals surface area contributed by atoms with Crippen LogP contribution in [-0.4, -0.2) is 27.2 Å². The van der Waals surface area contributed by atoms with E-state index in [9.17, 15) is 14.4 Å². The number of aromatic nitrogens is 2. The topological polar surface area (TPSA) is 93.4 Å². The highest BCUT2D eigenvalue weighted by molar-refractivity contribution is 6.59. The van der Waals surface area contributed by atoms with Gasteiger partial charge in [0, 0.05) is 21.9 Å². The van der Waals surface area contributed by atoms with Crippen LogP contribution in [0.1, 0.15) is 26.4 Å². The van der Waals surface area contributed by atoms with Crippen LogP contribution in [0.3, 0.4) is 0 Å². The standard InChI is InChI=1S/C27H16N4O3/c32-25-21-15-7-9-16-8-6-14-20(22(16)21)23(25)28-29-26(33)24-18-12-4-5-13-19(18)27(34)31(30-24)17-10-2-1-3-11-17/h1-15H,(H,29,33)/b28-23+. The molecule has 0 atom stereocenters. The summed E-state index contributed by atoms with van der Waals surface area (Å²) in [5.41, 5.74) is 4.12. The lowest BCUT2D eigenvalue weighted by Gasteiger charge is -2.10. The van der Waals surface area contributed by atoms with Crippen molar-refractivity contribution in [2.45, 2.75) is 0 Å². The van der Waals surface area contributed by atoms with E-state index in [1.165, 1.54) is 4.68 Å². The molecule has 34 heavy (non-hydrogen) atoms. The second-order valence-corrected chi connectivity index (χ2v) is 7.89. The van der Waals surface area contributed by atoms with Crippen LogP contribution in [0.25, 0.3) is 27.2 Å². The van der Waals surface area contributed by atoms with Crippen LogP contribution < -0.4 is 11.0 Å². The summed E-state index contributed by atoms with van der Waals surface area (Å²) < 4.78 is 1.20. The van der Waals surface area contributed by atoms with Gasteiger partial charge in [-0.05, 0) is 23.6 Å². The molecule has 7 heteroatoms. The molecule has 1 aliphatic rings. The third-order valence-electron chi connectivity index (χ3n) is 5.91. The normalized spacial score (nSPS) is 13.6. The Bertz CT molecular complexity index is 1730. The highest BCUT2D eigenvalue weighted by Gasteiger charge is 2.29. The van der Waals surface area contributed by atoms with Crippen molar-refractivity contribution in [2.24, 2.45) is 5.10 Å². The van der Waals surface area contributed by atoms with Gasteiger partial charge in [0.15, 0.2) is 5.69 Å². The summed E-state index contributed by atoms with van der Waals surface area (Å²) >= 11 is 0. The van der Waals surface area contributed by atoms with Gasteiger partial charge >= 0.3 is 0 Å². The number of fused-ring (bicyclic) bond motifs is 1. The van der Waals surface area contributed by atoms with Crippen molar-refractivity contribution in [3.8, 4) is 5.69 Å². The zero-order valence-corrected chi connectivity index (χ0v) is 17.7. The van der Waals surface area contributed by atoms with Crippen molar-refractivity contribution in [2.75, 3.05) is 0 Å². The fourth-order valence-corrected chi connectivity index (χ4v) is 4.35. The first-order valence-corrected chi connectivity index (χ1v) is 10.7. The van der Waals surface area contributed by atoms with Gasteiger partial charge in [0.1, 0.15) is 5.71 Å². The molecule has 0 unspecified atom stereocenters. The first-order chi connectivity index (χ1) is 16.6. The molecule has 0 saturated heterocycles. The molecule has 1 aliphatic carbocycles. The van der Waals surface area contributed by atoms with Gasteiger partial charge in [-0.25, -0.2) is 5.43 Å². The number of benzene rings is 4. The number of nitrogens with one attached hydrogen (secondary N) is 1. The number of Topliss-reactive ketones (excluding diaryl/α,β-unsaturated/α-hetero) is 1. The van der Waals surface area contributed by atoms with Crippen molar-refractivity contribution >= 4 is 38.9 Å². The molecular formula is C27H16N4O3. The fraction of sp³-hybridized carbons (Fsp3) is 0. The van der Waals surface area contributed by atoms with E-state index in [1.54, 1.807) is 54.6 Å². The van der Waals surface area contributed by atoms with Crippen molar-refractivity contribution in [1.29, 1.82) is 0 Å². The van der Waals surface area contributed by atoms with Gasteiger partial charge in [0.05, 0.1) is 11.1 Å². The van der Waals surface area contributed by atoms with Gasteiger partial charge < -0.3 is 0 Å². The van der Waals surface area contributed by atoms with Crippen molar-refractivity contribution in [1.82, 2.24) is 15.2 Å². The van der Waals surface area contributed by atoms with E-state index in [0.717, 1.165) is 10.8 Å². The van der Waals surface area contributed by atoms with Crippen LogP contribution in [-0.2, 0) is 0 Å². The van der Waals surface area contributed by atoms with Gasteiger partial charge in [0.2, 0.25) is 5.78 Å². The minimum Gasteiger partial charge on any atom is -0.287 e. The number of carbonyl (C=O) groups excluding carboxylic acids is 2. The quantitative estimate of drug-likeness (QED) is 0.428. The number of ketones is 1. The predicted molar refractivity (Wildman–Crippen MR) is 130 cm³/mol. The van der Waals surface area contributed by atoms with Crippen LogP contribution in [0.5, 0.6) is 0 Å². The Kier molecular flexibility index (Phi) is 4.41. The lowest BCUT2D eigenvalue weighted by molar-refractivity contribution is 0.0950. The highest BCUT2D eigenvalue weighted by atomic mass is 16.2. The number of carbonyl (C=O) groups is 2. The molecule has 162 valence electrons. The number of rotatable bonds is 3. The molecule has 1 amide bonds. The average Bonchev–Trinajstić information content (AvgIpc) is 3.16. The molecule has 0 spiro atoms. The van der Waals surface area contributed by atoms with E-state index in [4.69, 9.17) is 0 Å². The fourth-order valence-electron chi connectivity index (χ4n) is 4.35. The van der Waals surface area contributed by atoms with E-state index in [0.29, 0.717) is 27.6 Å². The molecular weight excluding hydrogens is 428 g/mol. The lowest BCUT2D eigenvalue weighted by atomic mass is 10.1. The third kappa shape index (κ3) is 2.95. The van der Waals surface area contributed by atoms with E-state index >= 15 is 0 Å². The maximum absolute atomic E-state index is 13.2. The molecule has 5 aromatic rings. The third-order valence-corrected chi connectivity index (χ3v) is 5.91. The minimum absolute atomic E-state index is 0.0320. The van der Waals surface area contributed by atoms with Gasteiger partial charge in [-0.1, -0.05) is 72.8 Å². The van der Waals surface area contributed by atoms with Crippen LogP contribution in [0.4, 0.5) is 0 Å². The highest BCUT2D eigenvalue weighted by Crippen LogP contribution is 2.30. The maximum atomic E-state index is 13.2. The van der Waals surface area contributed by atoms with Crippen LogP contribution >= 0.6 is 0 Å². The molecule has 1 aromatic heterocycles. The first kappa shape index (κ1) is 19.8. The summed E-state index contributed by atoms with van der Waals surface area (Å²) in [6.07, 6.45) is 0. The molecule has 1 N–H and O–H groups in total. The van der Waals surface area contributed by atoms with Crippen LogP contribution in [0.2, 0.25) is 0 Å². The van der Waals surface area contributed by atoms with Crippen molar-refractivity contribution in [3.63, 3.8) is 0 Å². The second-order valence-electron chi connectivity index (χ2n) is 7.89. The Hall–Kier alpha value is -4.91. The first-order valence-electron chi connectivity index (χ1n) is 10.7. The number of hydrogen-bond acceptors (Lipinski definition) is 5. The Balaban J connectivity index is 1.45. The molecule has 0 saturated carbocycles. The van der Waals surface area contributed by atoms with Gasteiger partial charge in [-0.15, -0.1) is 0 Å². The molecule has 0 fully saturated rings. The monoisotopic (exact) mass is 444 g/mol. The summed E-state index contributed by atoms with van der Waals surface area (Å²) in [6.45, 7) is 0. The van der Waals surface area contributed by atoms with Crippen LogP contribution in [0.15, 0.2) is 101 Å². The molecule has 6 rings (SSSR count). The van der Waals surface area contributed by atoms with Gasteiger partial charge in [-0.2, -0.15) is 14.9 Å². The molecule has 0 bridgehead atoms. The summed E-state index contributed by atoms with van der Waals surface area (Å²) in [5.74, 6) is -0.872. The predicted octanol–water partition coefficient (Wildman–Crippen LogP) is 3.87. The minimum atomic E-state index is -0.621. The lowest BCUT2D eigenvalue weighted by Crippen LogP contribution is -2.29. The van der Waals surface area contributed by atoms with E-state index in [2.05, 4.69) is 15.6 Å². The summed E-state index contributed by atoms with van der Waals surface area (Å²) in [6, 6.07) is 26.8. The van der Waals surface area contributed by atoms with Crippen molar-refractivity contribution < 1.29 is 9.59 Å². The van der Waals surface area contributed by atoms with E-state index in [-0.39, 0.29) is 22.7 Å². The number of nitrogens with zero attached hydrogens (tertiary/aromatic N) is 3. The van der Waals surface area contributed by atoms with E-state index in [1.807, 2.05) is 36.4 Å². The van der Waals surface area contributed by atoms with Gasteiger partial charge in [-0.3, -0.25) is 14.4 Å². The molecule has 1 heterocycles. The SMILES string of the molecule is O=C(N/N=C1/C(=O)c2cccc3cccc1c23)c1nn(-c2ccccc2)c(=O)c2ccccc12. The average molecular weight is 444 g/mol. The van der Waals surface area contributed by atoms with Crippen LogP contribution in [0, 0.1) is 0 Å². The zero-order valence-electron chi connectivity index (χ0n) is 17.7. The molecule has 0 radical (unpaired) electrons. The van der Waals surface area contributed by atoms with Crippen molar-refractivity contribution in [3.05, 3.63) is 118 Å². The summed E-state index contributed by atoms with van der Waals surface area (Å²) in [7, 11) is 0. The number of hydrazone groups is 1. The Labute approximate surface area is 193 Å². The Morgan fingerprint density at radius 1 is 0.765 bits per heavy atom. The number of amides is 1.